The van der Waals surface area contributed by atoms with E-state index < -0.39 is 11.6 Å². The lowest BCUT2D eigenvalue weighted by Gasteiger charge is -2.01. The number of hydrogen-bond donors (Lipinski definition) is 0. The molecule has 0 saturated heterocycles. The number of rotatable bonds is 2. The van der Waals surface area contributed by atoms with Gasteiger partial charge in [-0.1, -0.05) is 5.92 Å². The van der Waals surface area contributed by atoms with Gasteiger partial charge in [-0.05, 0) is 6.07 Å². The van der Waals surface area contributed by atoms with Gasteiger partial charge in [0.25, 0.3) is 0 Å². The molecule has 1 radical (unpaired) electrons. The Balaban J connectivity index is 2.81. The van der Waals surface area contributed by atoms with Crippen molar-refractivity contribution in [1.82, 2.24) is 0 Å². The molecule has 0 spiro atoms. The predicted octanol–water partition coefficient (Wildman–Crippen LogP) is 1.78. The van der Waals surface area contributed by atoms with Crippen molar-refractivity contribution in [2.24, 2.45) is 0 Å². The van der Waals surface area contributed by atoms with E-state index in [1.54, 1.807) is 0 Å². The zero-order valence-electron chi connectivity index (χ0n) is 6.10. The lowest BCUT2D eigenvalue weighted by Crippen LogP contribution is -1.96. The van der Waals surface area contributed by atoms with E-state index >= 15 is 0 Å². The highest BCUT2D eigenvalue weighted by molar-refractivity contribution is 5.24. The zero-order chi connectivity index (χ0) is 8.97. The zero-order valence-corrected chi connectivity index (χ0v) is 6.10. The van der Waals surface area contributed by atoms with Crippen LogP contribution in [0.4, 0.5) is 8.78 Å². The van der Waals surface area contributed by atoms with E-state index in [-0.39, 0.29) is 12.4 Å². The Bertz CT molecular complexity index is 315. The molecular weight excluding hydrogens is 162 g/mol. The summed E-state index contributed by atoms with van der Waals surface area (Å²) < 4.78 is 29.7. The second-order valence-corrected chi connectivity index (χ2v) is 1.99. The Morgan fingerprint density at radius 1 is 1.58 bits per heavy atom. The maximum absolute atomic E-state index is 12.7. The fourth-order valence-electron chi connectivity index (χ4n) is 0.658. The van der Waals surface area contributed by atoms with E-state index in [4.69, 9.17) is 11.2 Å². The minimum Gasteiger partial charge on any atom is -0.478 e. The molecule has 1 aromatic carbocycles. The van der Waals surface area contributed by atoms with E-state index in [1.807, 2.05) is 0 Å². The van der Waals surface area contributed by atoms with Crippen molar-refractivity contribution < 1.29 is 13.5 Å². The van der Waals surface area contributed by atoms with Crippen LogP contribution in [0.2, 0.25) is 0 Å². The molecule has 0 fully saturated rings. The largest absolute Gasteiger partial charge is 0.478 e. The first-order chi connectivity index (χ1) is 5.74. The van der Waals surface area contributed by atoms with Crippen LogP contribution in [0.1, 0.15) is 0 Å². The maximum atomic E-state index is 12.7. The summed E-state index contributed by atoms with van der Waals surface area (Å²) in [5, 5.41) is 0. The van der Waals surface area contributed by atoms with Crippen LogP contribution < -0.4 is 4.74 Å². The minimum atomic E-state index is -0.776. The van der Waals surface area contributed by atoms with Crippen LogP contribution >= 0.6 is 0 Å². The monoisotopic (exact) mass is 167 g/mol. The third-order valence-electron chi connectivity index (χ3n) is 1.14. The Kier molecular flexibility index (Phi) is 2.65. The van der Waals surface area contributed by atoms with Gasteiger partial charge in [0.15, 0.2) is 11.6 Å². The van der Waals surface area contributed by atoms with Gasteiger partial charge in [0.2, 0.25) is 0 Å². The fourth-order valence-corrected chi connectivity index (χ4v) is 0.658. The molecule has 1 nitrogen and oxygen atoms in total. The minimum absolute atomic E-state index is 0.0452. The van der Waals surface area contributed by atoms with Crippen molar-refractivity contribution in [3.05, 3.63) is 29.8 Å². The lowest BCUT2D eigenvalue weighted by atomic mass is 10.3. The van der Waals surface area contributed by atoms with Gasteiger partial charge in [0.05, 0.1) is 0 Å². The van der Waals surface area contributed by atoms with Gasteiger partial charge in [-0.2, -0.15) is 0 Å². The smallest absolute Gasteiger partial charge is 0.168 e. The standard InChI is InChI=1S/C9H5F2O/c1-2-5-12-9-4-3-7(10)6-8(9)11/h1,4,6H,5H2. The number of benzene rings is 1. The summed E-state index contributed by atoms with van der Waals surface area (Å²) in [5.74, 6) is 0.533. The molecular formula is C9H5F2O. The average molecular weight is 167 g/mol. The van der Waals surface area contributed by atoms with E-state index in [9.17, 15) is 8.78 Å². The van der Waals surface area contributed by atoms with Gasteiger partial charge >= 0.3 is 0 Å². The van der Waals surface area contributed by atoms with Gasteiger partial charge in [-0.3, -0.25) is 0 Å². The van der Waals surface area contributed by atoms with Crippen molar-refractivity contribution in [2.45, 2.75) is 0 Å². The lowest BCUT2D eigenvalue weighted by molar-refractivity contribution is 0.346. The van der Waals surface area contributed by atoms with Gasteiger partial charge in [0, 0.05) is 12.1 Å². The van der Waals surface area contributed by atoms with Crippen LogP contribution in [-0.2, 0) is 0 Å². The Labute approximate surface area is 69.0 Å². The highest BCUT2D eigenvalue weighted by Gasteiger charge is 2.03. The topological polar surface area (TPSA) is 9.23 Å². The molecule has 0 aromatic heterocycles. The number of ether oxygens (including phenoxy) is 1. The molecule has 0 saturated carbocycles. The highest BCUT2D eigenvalue weighted by atomic mass is 19.1. The third-order valence-corrected chi connectivity index (χ3v) is 1.14. The molecule has 0 bridgehead atoms. The second kappa shape index (κ2) is 3.72. The Morgan fingerprint density at radius 3 is 2.92 bits per heavy atom. The summed E-state index contributed by atoms with van der Waals surface area (Å²) in [4.78, 5) is 0. The predicted molar refractivity (Wildman–Crippen MR) is 39.5 cm³/mol. The summed E-state index contributed by atoms with van der Waals surface area (Å²) >= 11 is 0. The summed E-state index contributed by atoms with van der Waals surface area (Å²) in [5.41, 5.74) is 0. The van der Waals surface area contributed by atoms with Crippen LogP contribution in [0.5, 0.6) is 5.75 Å². The maximum Gasteiger partial charge on any atom is 0.168 e. The Hall–Kier alpha value is -1.56. The summed E-state index contributed by atoms with van der Waals surface area (Å²) in [6.45, 7) is -0.0452. The fraction of sp³-hybridized carbons (Fsp3) is 0.111. The Morgan fingerprint density at radius 2 is 2.33 bits per heavy atom. The van der Waals surface area contributed by atoms with Gasteiger partial charge in [0.1, 0.15) is 12.4 Å². The normalized spacial score (nSPS) is 9.08. The molecule has 0 aliphatic carbocycles. The molecule has 0 unspecified atom stereocenters. The van der Waals surface area contributed by atoms with Gasteiger partial charge in [-0.15, -0.1) is 6.42 Å². The van der Waals surface area contributed by atoms with Crippen molar-refractivity contribution in [1.29, 1.82) is 0 Å². The first kappa shape index (κ1) is 8.54. The number of halogens is 2. The van der Waals surface area contributed by atoms with Crippen molar-refractivity contribution in [3.8, 4) is 18.1 Å². The van der Waals surface area contributed by atoms with Crippen LogP contribution in [-0.4, -0.2) is 6.61 Å². The summed E-state index contributed by atoms with van der Waals surface area (Å²) in [7, 11) is 0. The van der Waals surface area contributed by atoms with E-state index in [0.29, 0.717) is 6.07 Å². The average Bonchev–Trinajstić information content (AvgIpc) is 2.03. The quantitative estimate of drug-likeness (QED) is 0.610. The van der Waals surface area contributed by atoms with Crippen molar-refractivity contribution >= 4 is 0 Å². The molecule has 0 atom stereocenters. The SMILES string of the molecule is C#CCOc1c[c]c(F)cc1F. The molecule has 1 rings (SSSR count). The number of hydrogen-bond acceptors (Lipinski definition) is 1. The van der Waals surface area contributed by atoms with Crippen molar-refractivity contribution in [3.63, 3.8) is 0 Å². The molecule has 3 heteroatoms. The van der Waals surface area contributed by atoms with E-state index in [2.05, 4.69) is 12.0 Å². The first-order valence-electron chi connectivity index (χ1n) is 3.17. The number of terminal acetylenes is 1. The van der Waals surface area contributed by atoms with E-state index in [0.717, 1.165) is 6.07 Å². The molecule has 61 valence electrons. The molecule has 0 N–H and O–H groups in total. The highest BCUT2D eigenvalue weighted by Crippen LogP contribution is 2.16. The van der Waals surface area contributed by atoms with Crippen LogP contribution in [0.15, 0.2) is 12.1 Å². The van der Waals surface area contributed by atoms with Crippen LogP contribution in [0, 0.1) is 30.0 Å². The molecule has 12 heavy (non-hydrogen) atoms. The third kappa shape index (κ3) is 1.96. The second-order valence-electron chi connectivity index (χ2n) is 1.99. The van der Waals surface area contributed by atoms with Gasteiger partial charge < -0.3 is 4.74 Å². The molecule has 1 aromatic rings. The summed E-state index contributed by atoms with van der Waals surface area (Å²) in [6.07, 6.45) is 4.87. The first-order valence-corrected chi connectivity index (χ1v) is 3.17. The van der Waals surface area contributed by atoms with Crippen LogP contribution in [0.25, 0.3) is 0 Å². The van der Waals surface area contributed by atoms with Crippen LogP contribution in [0.3, 0.4) is 0 Å². The summed E-state index contributed by atoms with van der Waals surface area (Å²) in [6, 6.07) is 3.91. The molecule has 0 amide bonds. The molecule has 0 aliphatic rings. The molecule has 0 aliphatic heterocycles. The van der Waals surface area contributed by atoms with Crippen molar-refractivity contribution in [2.75, 3.05) is 6.61 Å². The van der Waals surface area contributed by atoms with Gasteiger partial charge in [-0.25, -0.2) is 8.78 Å². The molecule has 0 heterocycles. The van der Waals surface area contributed by atoms with E-state index in [1.165, 1.54) is 0 Å².